The van der Waals surface area contributed by atoms with Gasteiger partial charge in [-0.05, 0) is 31.2 Å². The lowest BCUT2D eigenvalue weighted by molar-refractivity contribution is 0.102. The first kappa shape index (κ1) is 16.8. The minimum atomic E-state index is -3.41. The highest BCUT2D eigenvalue weighted by Crippen LogP contribution is 2.20. The van der Waals surface area contributed by atoms with E-state index in [-0.39, 0.29) is 22.4 Å². The van der Waals surface area contributed by atoms with E-state index in [0.29, 0.717) is 5.69 Å². The van der Waals surface area contributed by atoms with Crippen molar-refractivity contribution in [2.24, 2.45) is 7.05 Å². The first-order chi connectivity index (χ1) is 11.7. The summed E-state index contributed by atoms with van der Waals surface area (Å²) in [5.74, 6) is -0.387. The van der Waals surface area contributed by atoms with Crippen molar-refractivity contribution in [3.05, 3.63) is 41.6 Å². The monoisotopic (exact) mass is 361 g/mol. The van der Waals surface area contributed by atoms with Gasteiger partial charge in [-0.1, -0.05) is 11.2 Å². The van der Waals surface area contributed by atoms with Gasteiger partial charge in [0, 0.05) is 24.6 Å². The third-order valence-electron chi connectivity index (χ3n) is 3.50. The Morgan fingerprint density at radius 1 is 1.24 bits per heavy atom. The van der Waals surface area contributed by atoms with Crippen LogP contribution in [0.5, 0.6) is 0 Å². The van der Waals surface area contributed by atoms with Crippen molar-refractivity contribution >= 4 is 21.8 Å². The molecule has 130 valence electrons. The van der Waals surface area contributed by atoms with Gasteiger partial charge in [-0.3, -0.25) is 14.8 Å². The summed E-state index contributed by atoms with van der Waals surface area (Å²) in [6, 6.07) is 7.34. The predicted octanol–water partition coefficient (Wildman–Crippen LogP) is 1.43. The minimum absolute atomic E-state index is 0.0512. The van der Waals surface area contributed by atoms with E-state index in [2.05, 4.69) is 20.6 Å². The van der Waals surface area contributed by atoms with Crippen molar-refractivity contribution in [1.29, 1.82) is 0 Å². The van der Waals surface area contributed by atoms with Gasteiger partial charge in [0.15, 0.2) is 9.84 Å². The number of hydrogen-bond donors (Lipinski definition) is 1. The van der Waals surface area contributed by atoms with Crippen LogP contribution in [0.25, 0.3) is 11.6 Å². The SMILES string of the molecule is Cc1cc(-c2nnc(NC(=O)c3cccc(S(C)(=O)=O)c3)o2)nn1C. The van der Waals surface area contributed by atoms with Crippen molar-refractivity contribution in [3.8, 4) is 11.6 Å². The van der Waals surface area contributed by atoms with Gasteiger partial charge in [0.05, 0.1) is 4.90 Å². The smallest absolute Gasteiger partial charge is 0.322 e. The topological polar surface area (TPSA) is 120 Å². The number of nitrogens with one attached hydrogen (secondary N) is 1. The summed E-state index contributed by atoms with van der Waals surface area (Å²) in [7, 11) is -1.62. The molecule has 0 saturated carbocycles. The summed E-state index contributed by atoms with van der Waals surface area (Å²) in [5, 5.41) is 14.2. The molecule has 2 aromatic heterocycles. The number of rotatable bonds is 4. The molecule has 0 aliphatic rings. The molecule has 0 saturated heterocycles. The van der Waals surface area contributed by atoms with Crippen LogP contribution in [0.15, 0.2) is 39.6 Å². The van der Waals surface area contributed by atoms with Crippen LogP contribution < -0.4 is 5.32 Å². The van der Waals surface area contributed by atoms with E-state index in [0.717, 1.165) is 11.9 Å². The fraction of sp³-hybridized carbons (Fsp3) is 0.200. The van der Waals surface area contributed by atoms with E-state index in [1.807, 2.05) is 6.92 Å². The highest BCUT2D eigenvalue weighted by Gasteiger charge is 2.16. The molecule has 0 fully saturated rings. The molecule has 0 aliphatic carbocycles. The molecule has 3 rings (SSSR count). The second kappa shape index (κ2) is 6.13. The fourth-order valence-corrected chi connectivity index (χ4v) is 2.75. The summed E-state index contributed by atoms with van der Waals surface area (Å²) in [6.07, 6.45) is 1.07. The summed E-state index contributed by atoms with van der Waals surface area (Å²) >= 11 is 0. The number of nitrogens with zero attached hydrogens (tertiary/aromatic N) is 4. The number of carbonyl (C=O) groups is 1. The Hall–Kier alpha value is -3.01. The average molecular weight is 361 g/mol. The molecule has 1 amide bonds. The standard InChI is InChI=1S/C15H15N5O4S/c1-9-7-12(19-20(9)2)14-17-18-15(24-14)16-13(21)10-5-4-6-11(8-10)25(3,22)23/h4-8H,1-3H3,(H,16,18,21). The quantitative estimate of drug-likeness (QED) is 0.746. The molecule has 0 radical (unpaired) electrons. The Balaban J connectivity index is 1.80. The van der Waals surface area contributed by atoms with Crippen molar-refractivity contribution in [3.63, 3.8) is 0 Å². The van der Waals surface area contributed by atoms with Gasteiger partial charge in [-0.15, -0.1) is 5.10 Å². The molecule has 10 heteroatoms. The van der Waals surface area contributed by atoms with E-state index < -0.39 is 15.7 Å². The summed E-state index contributed by atoms with van der Waals surface area (Å²) in [6.45, 7) is 1.88. The van der Waals surface area contributed by atoms with Gasteiger partial charge in [-0.25, -0.2) is 8.42 Å². The van der Waals surface area contributed by atoms with Crippen LogP contribution in [0.3, 0.4) is 0 Å². The van der Waals surface area contributed by atoms with Crippen LogP contribution in [-0.4, -0.2) is 40.6 Å². The van der Waals surface area contributed by atoms with E-state index in [1.54, 1.807) is 17.8 Å². The van der Waals surface area contributed by atoms with Crippen LogP contribution in [-0.2, 0) is 16.9 Å². The lowest BCUT2D eigenvalue weighted by atomic mass is 10.2. The molecule has 2 heterocycles. The van der Waals surface area contributed by atoms with Crippen molar-refractivity contribution in [2.75, 3.05) is 11.6 Å². The molecule has 1 N–H and O–H groups in total. The maximum absolute atomic E-state index is 12.2. The minimum Gasteiger partial charge on any atom is -0.401 e. The zero-order valence-corrected chi connectivity index (χ0v) is 14.5. The van der Waals surface area contributed by atoms with E-state index in [4.69, 9.17) is 4.42 Å². The molecule has 9 nitrogen and oxygen atoms in total. The molecule has 3 aromatic rings. The van der Waals surface area contributed by atoms with Crippen molar-refractivity contribution in [2.45, 2.75) is 11.8 Å². The highest BCUT2D eigenvalue weighted by atomic mass is 32.2. The van der Waals surface area contributed by atoms with Crippen LogP contribution >= 0.6 is 0 Å². The molecule has 0 atom stereocenters. The number of sulfone groups is 1. The Labute approximate surface area is 143 Å². The fourth-order valence-electron chi connectivity index (χ4n) is 2.08. The lowest BCUT2D eigenvalue weighted by Gasteiger charge is -2.03. The van der Waals surface area contributed by atoms with Gasteiger partial charge in [-0.2, -0.15) is 5.10 Å². The number of carbonyl (C=O) groups excluding carboxylic acids is 1. The first-order valence-electron chi connectivity index (χ1n) is 7.20. The number of anilines is 1. The maximum atomic E-state index is 12.2. The average Bonchev–Trinajstić information content (AvgIpc) is 3.14. The number of amides is 1. The molecular weight excluding hydrogens is 346 g/mol. The third-order valence-corrected chi connectivity index (χ3v) is 4.61. The lowest BCUT2D eigenvalue weighted by Crippen LogP contribution is -2.13. The molecule has 0 spiro atoms. The Bertz CT molecular complexity index is 1030. The maximum Gasteiger partial charge on any atom is 0.322 e. The number of benzene rings is 1. The first-order valence-corrected chi connectivity index (χ1v) is 9.09. The third kappa shape index (κ3) is 3.58. The molecule has 0 aliphatic heterocycles. The molecule has 1 aromatic carbocycles. The van der Waals surface area contributed by atoms with Gasteiger partial charge < -0.3 is 4.42 Å². The largest absolute Gasteiger partial charge is 0.401 e. The number of hydrogen-bond acceptors (Lipinski definition) is 7. The Kier molecular flexibility index (Phi) is 4.13. The predicted molar refractivity (Wildman–Crippen MR) is 88.7 cm³/mol. The number of aryl methyl sites for hydroxylation is 2. The van der Waals surface area contributed by atoms with Crippen LogP contribution in [0.4, 0.5) is 6.01 Å². The van der Waals surface area contributed by atoms with Crippen LogP contribution in [0.1, 0.15) is 16.1 Å². The second-order valence-corrected chi connectivity index (χ2v) is 7.48. The zero-order valence-electron chi connectivity index (χ0n) is 13.7. The molecular formula is C15H15N5O4S. The Morgan fingerprint density at radius 2 is 2.00 bits per heavy atom. The highest BCUT2D eigenvalue weighted by molar-refractivity contribution is 7.90. The van der Waals surface area contributed by atoms with Gasteiger partial charge >= 0.3 is 6.01 Å². The number of aromatic nitrogens is 4. The summed E-state index contributed by atoms with van der Waals surface area (Å²) in [4.78, 5) is 12.3. The summed E-state index contributed by atoms with van der Waals surface area (Å²) < 4.78 is 30.2. The molecule has 0 unspecified atom stereocenters. The van der Waals surface area contributed by atoms with Crippen LogP contribution in [0.2, 0.25) is 0 Å². The van der Waals surface area contributed by atoms with E-state index in [1.165, 1.54) is 24.3 Å². The van der Waals surface area contributed by atoms with Gasteiger partial charge in [0.2, 0.25) is 0 Å². The second-order valence-electron chi connectivity index (χ2n) is 5.46. The van der Waals surface area contributed by atoms with Gasteiger partial charge in [0.25, 0.3) is 11.8 Å². The Morgan fingerprint density at radius 3 is 2.64 bits per heavy atom. The van der Waals surface area contributed by atoms with Gasteiger partial charge in [0.1, 0.15) is 5.69 Å². The van der Waals surface area contributed by atoms with E-state index in [9.17, 15) is 13.2 Å². The molecule has 25 heavy (non-hydrogen) atoms. The van der Waals surface area contributed by atoms with Crippen molar-refractivity contribution < 1.29 is 17.6 Å². The summed E-state index contributed by atoms with van der Waals surface area (Å²) in [5.41, 5.74) is 1.57. The molecule has 0 bridgehead atoms. The van der Waals surface area contributed by atoms with Crippen LogP contribution in [0, 0.1) is 6.92 Å². The zero-order chi connectivity index (χ0) is 18.2. The normalized spacial score (nSPS) is 11.5. The van der Waals surface area contributed by atoms with Crippen molar-refractivity contribution in [1.82, 2.24) is 20.0 Å². The van der Waals surface area contributed by atoms with E-state index >= 15 is 0 Å².